The molecule has 6 nitrogen and oxygen atoms in total. The van der Waals surface area contributed by atoms with Crippen LogP contribution in [-0.4, -0.2) is 42.7 Å². The van der Waals surface area contributed by atoms with Crippen LogP contribution in [0.5, 0.6) is 0 Å². The number of nitrogens with zero attached hydrogens (tertiary/aromatic N) is 1. The van der Waals surface area contributed by atoms with Crippen molar-refractivity contribution < 1.29 is 9.53 Å². The van der Waals surface area contributed by atoms with Crippen molar-refractivity contribution in [3.05, 3.63) is 35.5 Å². The predicted molar refractivity (Wildman–Crippen MR) is 104 cm³/mol. The van der Waals surface area contributed by atoms with Crippen molar-refractivity contribution in [3.63, 3.8) is 0 Å². The number of carbonyl (C=O) groups excluding carboxylic acids is 1. The molecule has 26 heavy (non-hydrogen) atoms. The monoisotopic (exact) mass is 356 g/mol. The van der Waals surface area contributed by atoms with E-state index in [1.807, 2.05) is 6.07 Å². The van der Waals surface area contributed by atoms with E-state index in [2.05, 4.69) is 42.7 Å². The number of rotatable bonds is 7. The van der Waals surface area contributed by atoms with Crippen LogP contribution in [0.25, 0.3) is 10.9 Å². The molecule has 0 bridgehead atoms. The van der Waals surface area contributed by atoms with Gasteiger partial charge in [-0.25, -0.2) is 0 Å². The third kappa shape index (κ3) is 4.20. The standard InChI is InChI=1S/C20H28N4O2/c1-3-13-5-6-17-14(9-13)10-18(16(4-2)23-17)24-20(25)19-11-15(12-22-19)26-8-7-21/h5-6,9-10,15,19,22H,3-4,7-8,11-12,21H2,1-2H3,(H,24,25)/t15-,19+/m1/s1. The first-order chi connectivity index (χ1) is 12.6. The lowest BCUT2D eigenvalue weighted by atomic mass is 10.1. The van der Waals surface area contributed by atoms with Gasteiger partial charge in [0, 0.05) is 18.5 Å². The lowest BCUT2D eigenvalue weighted by Gasteiger charge is -2.15. The molecule has 1 saturated heterocycles. The molecule has 2 heterocycles. The van der Waals surface area contributed by atoms with Gasteiger partial charge in [-0.05, 0) is 43.0 Å². The summed E-state index contributed by atoms with van der Waals surface area (Å²) in [4.78, 5) is 17.4. The Balaban J connectivity index is 1.75. The fraction of sp³-hybridized carbons (Fsp3) is 0.500. The SMILES string of the molecule is CCc1ccc2nc(CC)c(NC(=O)[C@@H]3C[C@@H](OCCN)CN3)cc2c1. The van der Waals surface area contributed by atoms with Crippen molar-refractivity contribution in [3.8, 4) is 0 Å². The minimum atomic E-state index is -0.250. The van der Waals surface area contributed by atoms with Crippen LogP contribution in [0, 0.1) is 0 Å². The summed E-state index contributed by atoms with van der Waals surface area (Å²) < 4.78 is 5.63. The Kier molecular flexibility index (Phi) is 6.19. The summed E-state index contributed by atoms with van der Waals surface area (Å²) in [5, 5.41) is 7.35. The highest BCUT2D eigenvalue weighted by molar-refractivity contribution is 5.97. The summed E-state index contributed by atoms with van der Waals surface area (Å²) in [6.45, 7) is 5.88. The van der Waals surface area contributed by atoms with Crippen LogP contribution >= 0.6 is 0 Å². The Morgan fingerprint density at radius 1 is 1.35 bits per heavy atom. The number of hydrogen-bond acceptors (Lipinski definition) is 5. The van der Waals surface area contributed by atoms with Gasteiger partial charge in [-0.3, -0.25) is 9.78 Å². The molecule has 0 radical (unpaired) electrons. The van der Waals surface area contributed by atoms with E-state index in [-0.39, 0.29) is 18.1 Å². The molecule has 0 spiro atoms. The van der Waals surface area contributed by atoms with Crippen LogP contribution in [0.3, 0.4) is 0 Å². The van der Waals surface area contributed by atoms with Crippen molar-refractivity contribution >= 4 is 22.5 Å². The zero-order valence-corrected chi connectivity index (χ0v) is 15.5. The molecule has 1 aliphatic heterocycles. The summed E-state index contributed by atoms with van der Waals surface area (Å²) in [5.41, 5.74) is 9.40. The molecule has 1 aromatic carbocycles. The van der Waals surface area contributed by atoms with Crippen LogP contribution in [-0.2, 0) is 22.4 Å². The van der Waals surface area contributed by atoms with Gasteiger partial charge in [0.2, 0.25) is 5.91 Å². The Hall–Kier alpha value is -2.02. The molecule has 2 atom stereocenters. The Morgan fingerprint density at radius 3 is 2.92 bits per heavy atom. The van der Waals surface area contributed by atoms with Crippen LogP contribution < -0.4 is 16.4 Å². The van der Waals surface area contributed by atoms with Crippen LogP contribution in [0.15, 0.2) is 24.3 Å². The van der Waals surface area contributed by atoms with Gasteiger partial charge in [-0.15, -0.1) is 0 Å². The molecular formula is C20H28N4O2. The molecule has 0 saturated carbocycles. The van der Waals surface area contributed by atoms with Crippen LogP contribution in [0.2, 0.25) is 0 Å². The number of aryl methyl sites for hydroxylation is 2. The van der Waals surface area contributed by atoms with E-state index in [9.17, 15) is 4.79 Å². The number of hydrogen-bond donors (Lipinski definition) is 3. The molecule has 3 rings (SSSR count). The van der Waals surface area contributed by atoms with Gasteiger partial charge in [0.05, 0.1) is 35.7 Å². The molecule has 1 aliphatic rings. The van der Waals surface area contributed by atoms with Gasteiger partial charge >= 0.3 is 0 Å². The second-order valence-electron chi connectivity index (χ2n) is 6.68. The fourth-order valence-corrected chi connectivity index (χ4v) is 3.35. The minimum absolute atomic E-state index is 0.0358. The first-order valence-electron chi connectivity index (χ1n) is 9.43. The number of nitrogens with two attached hydrogens (primary N) is 1. The number of nitrogens with one attached hydrogen (secondary N) is 2. The highest BCUT2D eigenvalue weighted by Gasteiger charge is 2.30. The second kappa shape index (κ2) is 8.58. The molecular weight excluding hydrogens is 328 g/mol. The first-order valence-corrected chi connectivity index (χ1v) is 9.43. The summed E-state index contributed by atoms with van der Waals surface area (Å²) in [6.07, 6.45) is 2.45. The maximum Gasteiger partial charge on any atom is 0.241 e. The number of amides is 1. The number of pyridine rings is 1. The number of carbonyl (C=O) groups is 1. The van der Waals surface area contributed by atoms with E-state index in [0.717, 1.165) is 35.1 Å². The fourth-order valence-electron chi connectivity index (χ4n) is 3.35. The van der Waals surface area contributed by atoms with Crippen LogP contribution in [0.4, 0.5) is 5.69 Å². The smallest absolute Gasteiger partial charge is 0.241 e. The summed E-state index contributed by atoms with van der Waals surface area (Å²) in [6, 6.07) is 8.09. The van der Waals surface area contributed by atoms with E-state index in [1.165, 1.54) is 5.56 Å². The summed E-state index contributed by atoms with van der Waals surface area (Å²) in [5.74, 6) is -0.0358. The van der Waals surface area contributed by atoms with Gasteiger partial charge in [0.15, 0.2) is 0 Å². The van der Waals surface area contributed by atoms with E-state index in [4.69, 9.17) is 15.5 Å². The molecule has 4 N–H and O–H groups in total. The van der Waals surface area contributed by atoms with Gasteiger partial charge in [0.25, 0.3) is 0 Å². The predicted octanol–water partition coefficient (Wildman–Crippen LogP) is 2.00. The van der Waals surface area contributed by atoms with Crippen molar-refractivity contribution in [2.45, 2.75) is 45.3 Å². The molecule has 0 aliphatic carbocycles. The van der Waals surface area contributed by atoms with Crippen molar-refractivity contribution in [1.29, 1.82) is 0 Å². The third-order valence-corrected chi connectivity index (χ3v) is 4.84. The van der Waals surface area contributed by atoms with E-state index >= 15 is 0 Å². The largest absolute Gasteiger partial charge is 0.376 e. The molecule has 1 aromatic heterocycles. The number of fused-ring (bicyclic) bond motifs is 1. The first kappa shape index (κ1) is 18.8. The van der Waals surface area contributed by atoms with E-state index in [0.29, 0.717) is 26.1 Å². The second-order valence-corrected chi connectivity index (χ2v) is 6.68. The molecule has 140 valence electrons. The average molecular weight is 356 g/mol. The molecule has 0 unspecified atom stereocenters. The highest BCUT2D eigenvalue weighted by Crippen LogP contribution is 2.24. The maximum absolute atomic E-state index is 12.7. The zero-order chi connectivity index (χ0) is 18.5. The van der Waals surface area contributed by atoms with Gasteiger partial charge in [-0.1, -0.05) is 19.9 Å². The van der Waals surface area contributed by atoms with Crippen molar-refractivity contribution in [1.82, 2.24) is 10.3 Å². The molecule has 6 heteroatoms. The van der Waals surface area contributed by atoms with Crippen LogP contribution in [0.1, 0.15) is 31.5 Å². The van der Waals surface area contributed by atoms with E-state index < -0.39 is 0 Å². The topological polar surface area (TPSA) is 89.3 Å². The van der Waals surface area contributed by atoms with E-state index in [1.54, 1.807) is 0 Å². The lowest BCUT2D eigenvalue weighted by molar-refractivity contribution is -0.118. The molecule has 1 fully saturated rings. The lowest BCUT2D eigenvalue weighted by Crippen LogP contribution is -2.35. The molecule has 2 aromatic rings. The Labute approximate surface area is 154 Å². The third-order valence-electron chi connectivity index (χ3n) is 4.84. The summed E-state index contributed by atoms with van der Waals surface area (Å²) in [7, 11) is 0. The number of benzene rings is 1. The van der Waals surface area contributed by atoms with Gasteiger partial charge < -0.3 is 21.1 Å². The maximum atomic E-state index is 12.7. The minimum Gasteiger partial charge on any atom is -0.376 e. The number of aromatic nitrogens is 1. The normalized spacial score (nSPS) is 19.8. The van der Waals surface area contributed by atoms with Gasteiger partial charge in [-0.2, -0.15) is 0 Å². The Bertz CT molecular complexity index is 778. The zero-order valence-electron chi connectivity index (χ0n) is 15.5. The number of ether oxygens (including phenoxy) is 1. The summed E-state index contributed by atoms with van der Waals surface area (Å²) >= 11 is 0. The average Bonchev–Trinajstić information content (AvgIpc) is 3.14. The van der Waals surface area contributed by atoms with Gasteiger partial charge in [0.1, 0.15) is 0 Å². The van der Waals surface area contributed by atoms with Crippen molar-refractivity contribution in [2.75, 3.05) is 25.0 Å². The Morgan fingerprint density at radius 2 is 2.19 bits per heavy atom. The van der Waals surface area contributed by atoms with Crippen molar-refractivity contribution in [2.24, 2.45) is 5.73 Å². The quantitative estimate of drug-likeness (QED) is 0.706. The highest BCUT2D eigenvalue weighted by atomic mass is 16.5. The number of anilines is 1. The molecule has 1 amide bonds.